The van der Waals surface area contributed by atoms with Crippen LogP contribution < -0.4 is 14.6 Å². The van der Waals surface area contributed by atoms with Crippen LogP contribution in [-0.2, 0) is 11.4 Å². The van der Waals surface area contributed by atoms with Gasteiger partial charge in [-0.25, -0.2) is 0 Å². The fraction of sp³-hybridized carbons (Fsp3) is 0.120. The molecular formula is C25H23N2O2+. The molecular weight excluding hydrogens is 360 g/mol. The van der Waals surface area contributed by atoms with Gasteiger partial charge in [0.2, 0.25) is 6.04 Å². The number of benzene rings is 3. The van der Waals surface area contributed by atoms with E-state index in [1.807, 2.05) is 103 Å². The smallest absolute Gasteiger partial charge is 0.293 e. The second kappa shape index (κ2) is 8.57. The van der Waals surface area contributed by atoms with Crippen molar-refractivity contribution in [3.63, 3.8) is 0 Å². The lowest BCUT2D eigenvalue weighted by molar-refractivity contribution is -0.704. The standard InChI is InChI=1S/C25H22N2O2/c1-19(27-16-15-21-9-5-6-10-22(21)17-27)25(28)26-23-11-13-24(14-12-23)29-18-20-7-3-2-4-8-20/h2-17,19H,18H2,1H3/p+1/t19-/m1/s1. The fourth-order valence-corrected chi connectivity index (χ4v) is 3.15. The molecule has 4 heteroatoms. The number of amides is 1. The average Bonchev–Trinajstić information content (AvgIpc) is 2.78. The number of carbonyl (C=O) groups is 1. The molecule has 0 aliphatic carbocycles. The summed E-state index contributed by atoms with van der Waals surface area (Å²) in [6, 6.07) is 27.3. The molecule has 0 bridgehead atoms. The van der Waals surface area contributed by atoms with Crippen molar-refractivity contribution in [3.8, 4) is 5.75 Å². The summed E-state index contributed by atoms with van der Waals surface area (Å²) in [4.78, 5) is 12.7. The quantitative estimate of drug-likeness (QED) is 0.481. The van der Waals surface area contributed by atoms with Crippen LogP contribution in [0, 0.1) is 0 Å². The minimum Gasteiger partial charge on any atom is -0.489 e. The molecule has 29 heavy (non-hydrogen) atoms. The van der Waals surface area contributed by atoms with E-state index in [9.17, 15) is 4.79 Å². The number of carbonyl (C=O) groups excluding carboxylic acids is 1. The van der Waals surface area contributed by atoms with E-state index < -0.39 is 0 Å². The first kappa shape index (κ1) is 18.7. The van der Waals surface area contributed by atoms with Crippen LogP contribution in [0.1, 0.15) is 18.5 Å². The van der Waals surface area contributed by atoms with Crippen molar-refractivity contribution < 1.29 is 14.1 Å². The SMILES string of the molecule is C[C@H](C(=O)Nc1ccc(OCc2ccccc2)cc1)[n+]1ccc2ccccc2c1. The molecule has 1 heterocycles. The third-order valence-corrected chi connectivity index (χ3v) is 4.91. The normalized spacial score (nSPS) is 11.8. The van der Waals surface area contributed by atoms with Gasteiger partial charge in [-0.15, -0.1) is 0 Å². The number of nitrogens with one attached hydrogen (secondary N) is 1. The highest BCUT2D eigenvalue weighted by Crippen LogP contribution is 2.18. The predicted molar refractivity (Wildman–Crippen MR) is 115 cm³/mol. The van der Waals surface area contributed by atoms with Crippen molar-refractivity contribution in [1.82, 2.24) is 0 Å². The topological polar surface area (TPSA) is 42.2 Å². The largest absolute Gasteiger partial charge is 0.489 e. The number of aromatic nitrogens is 1. The summed E-state index contributed by atoms with van der Waals surface area (Å²) in [6.07, 6.45) is 3.94. The van der Waals surface area contributed by atoms with Crippen molar-refractivity contribution in [2.75, 3.05) is 5.32 Å². The van der Waals surface area contributed by atoms with Gasteiger partial charge in [-0.05, 0) is 41.3 Å². The Bertz CT molecular complexity index is 1110. The Morgan fingerprint density at radius 3 is 2.34 bits per heavy atom. The summed E-state index contributed by atoms with van der Waals surface area (Å²) in [6.45, 7) is 2.41. The van der Waals surface area contributed by atoms with Gasteiger partial charge in [-0.2, -0.15) is 4.57 Å². The molecule has 3 aromatic carbocycles. The average molecular weight is 383 g/mol. The maximum absolute atomic E-state index is 12.7. The summed E-state index contributed by atoms with van der Waals surface area (Å²) in [5, 5.41) is 5.24. The minimum absolute atomic E-state index is 0.0664. The van der Waals surface area contributed by atoms with E-state index in [0.29, 0.717) is 6.61 Å². The molecule has 0 unspecified atom stereocenters. The van der Waals surface area contributed by atoms with Gasteiger partial charge in [-0.3, -0.25) is 4.79 Å². The highest BCUT2D eigenvalue weighted by Gasteiger charge is 2.22. The lowest BCUT2D eigenvalue weighted by Gasteiger charge is -2.10. The zero-order valence-electron chi connectivity index (χ0n) is 16.3. The number of ether oxygens (including phenoxy) is 1. The Hall–Kier alpha value is -3.66. The van der Waals surface area contributed by atoms with Gasteiger partial charge in [0.15, 0.2) is 12.4 Å². The molecule has 0 aliphatic rings. The van der Waals surface area contributed by atoms with Crippen molar-refractivity contribution in [2.24, 2.45) is 0 Å². The van der Waals surface area contributed by atoms with Crippen LogP contribution in [0.3, 0.4) is 0 Å². The molecule has 144 valence electrons. The predicted octanol–water partition coefficient (Wildman–Crippen LogP) is 4.91. The molecule has 1 amide bonds. The first-order chi connectivity index (χ1) is 14.2. The number of pyridine rings is 1. The molecule has 1 aromatic heterocycles. The summed E-state index contributed by atoms with van der Waals surface area (Å²) in [7, 11) is 0. The molecule has 0 saturated heterocycles. The van der Waals surface area contributed by atoms with Crippen LogP contribution in [0.2, 0.25) is 0 Å². The minimum atomic E-state index is -0.325. The van der Waals surface area contributed by atoms with Crippen molar-refractivity contribution in [3.05, 3.63) is 103 Å². The maximum Gasteiger partial charge on any atom is 0.293 e. The monoisotopic (exact) mass is 383 g/mol. The third-order valence-electron chi connectivity index (χ3n) is 4.91. The van der Waals surface area contributed by atoms with E-state index in [0.717, 1.165) is 27.8 Å². The highest BCUT2D eigenvalue weighted by molar-refractivity contribution is 5.92. The van der Waals surface area contributed by atoms with E-state index in [4.69, 9.17) is 4.74 Å². The van der Waals surface area contributed by atoms with Gasteiger partial charge in [0, 0.05) is 24.1 Å². The number of fused-ring (bicyclic) bond motifs is 1. The number of rotatable bonds is 6. The van der Waals surface area contributed by atoms with Crippen LogP contribution in [0.15, 0.2) is 97.3 Å². The molecule has 0 spiro atoms. The Labute approximate surface area is 170 Å². The Balaban J connectivity index is 1.38. The number of hydrogen-bond acceptors (Lipinski definition) is 2. The Kier molecular flexibility index (Phi) is 5.52. The van der Waals surface area contributed by atoms with Crippen molar-refractivity contribution in [2.45, 2.75) is 19.6 Å². The van der Waals surface area contributed by atoms with Gasteiger partial charge in [-0.1, -0.05) is 48.5 Å². The first-order valence-electron chi connectivity index (χ1n) is 9.66. The van der Waals surface area contributed by atoms with E-state index in [-0.39, 0.29) is 11.9 Å². The molecule has 4 aromatic rings. The number of hydrogen-bond donors (Lipinski definition) is 1. The van der Waals surface area contributed by atoms with Crippen LogP contribution in [-0.4, -0.2) is 5.91 Å². The van der Waals surface area contributed by atoms with Crippen LogP contribution >= 0.6 is 0 Å². The van der Waals surface area contributed by atoms with Gasteiger partial charge in [0.05, 0.1) is 0 Å². The molecule has 4 nitrogen and oxygen atoms in total. The van der Waals surface area contributed by atoms with Crippen LogP contribution in [0.4, 0.5) is 5.69 Å². The van der Waals surface area contributed by atoms with Gasteiger partial charge < -0.3 is 10.1 Å². The van der Waals surface area contributed by atoms with E-state index in [1.165, 1.54) is 0 Å². The lowest BCUT2D eigenvalue weighted by Crippen LogP contribution is -2.44. The maximum atomic E-state index is 12.7. The van der Waals surface area contributed by atoms with Crippen LogP contribution in [0.5, 0.6) is 5.75 Å². The summed E-state index contributed by atoms with van der Waals surface area (Å²) >= 11 is 0. The zero-order chi connectivity index (χ0) is 20.1. The highest BCUT2D eigenvalue weighted by atomic mass is 16.5. The second-order valence-electron chi connectivity index (χ2n) is 6.98. The van der Waals surface area contributed by atoms with Gasteiger partial charge >= 0.3 is 0 Å². The van der Waals surface area contributed by atoms with Crippen LogP contribution in [0.25, 0.3) is 10.8 Å². The molecule has 0 radical (unpaired) electrons. The van der Waals surface area contributed by atoms with Crippen molar-refractivity contribution in [1.29, 1.82) is 0 Å². The number of nitrogens with zero attached hydrogens (tertiary/aromatic N) is 1. The van der Waals surface area contributed by atoms with Gasteiger partial charge in [0.25, 0.3) is 5.91 Å². The molecule has 0 fully saturated rings. The summed E-state index contributed by atoms with van der Waals surface area (Å²) in [5.41, 5.74) is 1.86. The molecule has 1 N–H and O–H groups in total. The van der Waals surface area contributed by atoms with Gasteiger partial charge in [0.1, 0.15) is 12.4 Å². The lowest BCUT2D eigenvalue weighted by atomic mass is 10.1. The zero-order valence-corrected chi connectivity index (χ0v) is 16.3. The Morgan fingerprint density at radius 2 is 1.59 bits per heavy atom. The Morgan fingerprint density at radius 1 is 0.897 bits per heavy atom. The fourth-order valence-electron chi connectivity index (χ4n) is 3.15. The summed E-state index contributed by atoms with van der Waals surface area (Å²) < 4.78 is 7.72. The van der Waals surface area contributed by atoms with Crippen molar-refractivity contribution >= 4 is 22.4 Å². The second-order valence-corrected chi connectivity index (χ2v) is 6.98. The summed E-state index contributed by atoms with van der Waals surface area (Å²) in [5.74, 6) is 0.701. The first-order valence-corrected chi connectivity index (χ1v) is 9.66. The third kappa shape index (κ3) is 4.61. The molecule has 0 saturated carbocycles. The molecule has 4 rings (SSSR count). The molecule has 0 aliphatic heterocycles. The van der Waals surface area contributed by atoms with E-state index in [2.05, 4.69) is 11.4 Å². The van der Waals surface area contributed by atoms with E-state index >= 15 is 0 Å². The molecule has 1 atom stereocenters. The van der Waals surface area contributed by atoms with E-state index in [1.54, 1.807) is 0 Å². The number of anilines is 1.